The molecule has 2 aromatic carbocycles. The van der Waals surface area contributed by atoms with E-state index < -0.39 is 0 Å². The molecule has 1 N–H and O–H groups in total. The summed E-state index contributed by atoms with van der Waals surface area (Å²) in [6.07, 6.45) is 1.09. The van der Waals surface area contributed by atoms with E-state index in [1.807, 2.05) is 18.8 Å². The van der Waals surface area contributed by atoms with Crippen molar-refractivity contribution in [1.82, 2.24) is 5.32 Å². The fraction of sp³-hybridized carbons (Fsp3) is 0.444. The Bertz CT molecular complexity index is 570. The van der Waals surface area contributed by atoms with Crippen molar-refractivity contribution in [3.05, 3.63) is 42.0 Å². The van der Waals surface area contributed by atoms with E-state index in [0.717, 1.165) is 24.5 Å². The molecule has 0 radical (unpaired) electrons. The van der Waals surface area contributed by atoms with Gasteiger partial charge in [0.2, 0.25) is 0 Å². The number of fused-ring (bicyclic) bond motifs is 1. The van der Waals surface area contributed by atoms with Crippen LogP contribution in [0.2, 0.25) is 0 Å². The van der Waals surface area contributed by atoms with E-state index in [4.69, 9.17) is 4.74 Å². The van der Waals surface area contributed by atoms with Crippen LogP contribution >= 0.6 is 11.8 Å². The lowest BCUT2D eigenvalue weighted by atomic mass is 10.0. The second-order valence-corrected chi connectivity index (χ2v) is 6.51. The Hall–Kier alpha value is -1.19. The third kappa shape index (κ3) is 4.14. The molecule has 2 aromatic rings. The first-order chi connectivity index (χ1) is 10.3. The lowest BCUT2D eigenvalue weighted by Crippen LogP contribution is -2.14. The van der Waals surface area contributed by atoms with E-state index in [1.165, 1.54) is 22.1 Å². The number of hydrogen-bond donors (Lipinski definition) is 1. The second-order valence-electron chi connectivity index (χ2n) is 5.11. The summed E-state index contributed by atoms with van der Waals surface area (Å²) in [4.78, 5) is 0. The van der Waals surface area contributed by atoms with Gasteiger partial charge in [-0.25, -0.2) is 0 Å². The maximum absolute atomic E-state index is 6.17. The van der Waals surface area contributed by atoms with Crippen LogP contribution in [0.5, 0.6) is 5.75 Å². The zero-order chi connectivity index (χ0) is 15.1. The molecule has 2 nitrogen and oxygen atoms in total. The first-order valence-corrected chi connectivity index (χ1v) is 8.82. The van der Waals surface area contributed by atoms with Gasteiger partial charge in [-0.3, -0.25) is 0 Å². The zero-order valence-electron chi connectivity index (χ0n) is 13.2. The van der Waals surface area contributed by atoms with Crippen molar-refractivity contribution in [3.8, 4) is 5.75 Å². The van der Waals surface area contributed by atoms with Crippen LogP contribution in [0, 0.1) is 0 Å². The van der Waals surface area contributed by atoms with Crippen molar-refractivity contribution >= 4 is 22.5 Å². The third-order valence-electron chi connectivity index (χ3n) is 3.69. The Kier molecular flexibility index (Phi) is 6.40. The van der Waals surface area contributed by atoms with Gasteiger partial charge in [-0.2, -0.15) is 11.8 Å². The van der Waals surface area contributed by atoms with Crippen LogP contribution in [0.25, 0.3) is 10.8 Å². The molecule has 0 aliphatic rings. The minimum atomic E-state index is 0.287. The van der Waals surface area contributed by atoms with Gasteiger partial charge in [-0.15, -0.1) is 0 Å². The highest BCUT2D eigenvalue weighted by Gasteiger charge is 2.13. The lowest BCUT2D eigenvalue weighted by molar-refractivity contribution is 0.316. The number of benzene rings is 2. The Balaban J connectivity index is 2.23. The van der Waals surface area contributed by atoms with E-state index in [1.54, 1.807) is 0 Å². The number of ether oxygens (including phenoxy) is 1. The fourth-order valence-electron chi connectivity index (χ4n) is 2.40. The number of thioether (sulfide) groups is 1. The van der Waals surface area contributed by atoms with Crippen molar-refractivity contribution in [2.75, 3.05) is 25.2 Å². The van der Waals surface area contributed by atoms with Gasteiger partial charge in [0, 0.05) is 17.0 Å². The quantitative estimate of drug-likeness (QED) is 0.718. The highest BCUT2D eigenvalue weighted by atomic mass is 32.2. The van der Waals surface area contributed by atoms with Crippen LogP contribution in [0.15, 0.2) is 36.4 Å². The Morgan fingerprint density at radius 1 is 1.19 bits per heavy atom. The smallest absolute Gasteiger partial charge is 0.131 e. The van der Waals surface area contributed by atoms with Crippen LogP contribution in [-0.2, 0) is 0 Å². The fourth-order valence-corrected chi connectivity index (χ4v) is 3.01. The monoisotopic (exact) mass is 303 g/mol. The zero-order valence-corrected chi connectivity index (χ0v) is 14.0. The normalized spacial score (nSPS) is 12.5. The molecule has 0 saturated carbocycles. The highest BCUT2D eigenvalue weighted by molar-refractivity contribution is 7.99. The molecule has 0 aliphatic carbocycles. The first-order valence-electron chi connectivity index (χ1n) is 7.67. The lowest BCUT2D eigenvalue weighted by Gasteiger charge is -2.18. The average molecular weight is 303 g/mol. The van der Waals surface area contributed by atoms with E-state index >= 15 is 0 Å². The van der Waals surface area contributed by atoms with E-state index in [-0.39, 0.29) is 6.04 Å². The molecule has 0 fully saturated rings. The minimum absolute atomic E-state index is 0.287. The summed E-state index contributed by atoms with van der Waals surface area (Å²) < 4.78 is 6.17. The van der Waals surface area contributed by atoms with Gasteiger partial charge in [0.25, 0.3) is 0 Å². The van der Waals surface area contributed by atoms with Gasteiger partial charge >= 0.3 is 0 Å². The summed E-state index contributed by atoms with van der Waals surface area (Å²) in [5, 5.41) is 5.76. The van der Waals surface area contributed by atoms with Crippen molar-refractivity contribution in [1.29, 1.82) is 0 Å². The molecule has 0 aliphatic heterocycles. The summed E-state index contributed by atoms with van der Waals surface area (Å²) in [5.41, 5.74) is 1.24. The molecule has 0 spiro atoms. The van der Waals surface area contributed by atoms with Crippen molar-refractivity contribution in [2.24, 2.45) is 0 Å². The number of nitrogens with one attached hydrogen (secondary N) is 1. The van der Waals surface area contributed by atoms with Gasteiger partial charge in [0.1, 0.15) is 5.75 Å². The number of rotatable bonds is 8. The van der Waals surface area contributed by atoms with E-state index in [0.29, 0.717) is 0 Å². The van der Waals surface area contributed by atoms with Gasteiger partial charge in [-0.1, -0.05) is 43.3 Å². The van der Waals surface area contributed by atoms with E-state index in [2.05, 4.69) is 55.6 Å². The standard InChI is InChI=1S/C18H25NOS/c1-4-21-13-7-12-20-18-16(14(2)19-3)11-10-15-8-5-6-9-17(15)18/h5-6,8-11,14,19H,4,7,12-13H2,1-3H3. The molecule has 0 saturated heterocycles. The topological polar surface area (TPSA) is 21.3 Å². The molecular formula is C18H25NOS. The van der Waals surface area contributed by atoms with Crippen molar-refractivity contribution in [3.63, 3.8) is 0 Å². The molecule has 3 heteroatoms. The molecule has 1 unspecified atom stereocenters. The van der Waals surface area contributed by atoms with Crippen molar-refractivity contribution in [2.45, 2.75) is 26.3 Å². The predicted molar refractivity (Wildman–Crippen MR) is 94.5 cm³/mol. The maximum Gasteiger partial charge on any atom is 0.131 e. The third-order valence-corrected chi connectivity index (χ3v) is 4.68. The minimum Gasteiger partial charge on any atom is -0.493 e. The van der Waals surface area contributed by atoms with Crippen LogP contribution in [-0.4, -0.2) is 25.2 Å². The Morgan fingerprint density at radius 3 is 2.76 bits per heavy atom. The highest BCUT2D eigenvalue weighted by Crippen LogP contribution is 2.33. The summed E-state index contributed by atoms with van der Waals surface area (Å²) in [6.45, 7) is 5.15. The van der Waals surface area contributed by atoms with Gasteiger partial charge < -0.3 is 10.1 Å². The van der Waals surface area contributed by atoms with Gasteiger partial charge in [-0.05, 0) is 37.3 Å². The van der Waals surface area contributed by atoms with Crippen LogP contribution < -0.4 is 10.1 Å². The molecule has 2 rings (SSSR count). The average Bonchev–Trinajstić information content (AvgIpc) is 2.53. The van der Waals surface area contributed by atoms with Crippen LogP contribution in [0.3, 0.4) is 0 Å². The molecule has 0 bridgehead atoms. The van der Waals surface area contributed by atoms with Gasteiger partial charge in [0.05, 0.1) is 6.61 Å². The van der Waals surface area contributed by atoms with Crippen molar-refractivity contribution < 1.29 is 4.74 Å². The molecular weight excluding hydrogens is 278 g/mol. The van der Waals surface area contributed by atoms with E-state index in [9.17, 15) is 0 Å². The Labute approximate surface area is 132 Å². The van der Waals surface area contributed by atoms with Crippen LogP contribution in [0.1, 0.15) is 31.9 Å². The summed E-state index contributed by atoms with van der Waals surface area (Å²) >= 11 is 1.97. The first kappa shape index (κ1) is 16.2. The Morgan fingerprint density at radius 2 is 2.00 bits per heavy atom. The molecule has 114 valence electrons. The predicted octanol–water partition coefficient (Wildman–Crippen LogP) is 4.64. The second kappa shape index (κ2) is 8.30. The van der Waals surface area contributed by atoms with Gasteiger partial charge in [0.15, 0.2) is 0 Å². The molecule has 0 heterocycles. The maximum atomic E-state index is 6.17. The summed E-state index contributed by atoms with van der Waals surface area (Å²) in [7, 11) is 1.99. The molecule has 21 heavy (non-hydrogen) atoms. The SMILES string of the molecule is CCSCCCOc1c(C(C)NC)ccc2ccccc12. The molecule has 0 amide bonds. The largest absolute Gasteiger partial charge is 0.493 e. The van der Waals surface area contributed by atoms with Crippen LogP contribution in [0.4, 0.5) is 0 Å². The number of hydrogen-bond acceptors (Lipinski definition) is 3. The summed E-state index contributed by atoms with van der Waals surface area (Å²) in [5.74, 6) is 3.38. The summed E-state index contributed by atoms with van der Waals surface area (Å²) in [6, 6.07) is 13.1. The molecule has 0 aromatic heterocycles. The molecule has 1 atom stereocenters.